The molecule has 0 aliphatic heterocycles. The molecule has 0 aromatic heterocycles. The second kappa shape index (κ2) is 3.22. The maximum Gasteiger partial charge on any atom is 0.164 e. The van der Waals surface area contributed by atoms with Gasteiger partial charge in [-0.15, -0.1) is 0 Å². The van der Waals surface area contributed by atoms with E-state index in [0.717, 1.165) is 19.3 Å². The summed E-state index contributed by atoms with van der Waals surface area (Å²) < 4.78 is 11.1. The normalized spacial score (nSPS) is 38.5. The topological polar surface area (TPSA) is 42.2 Å². The van der Waals surface area contributed by atoms with Crippen LogP contribution in [0.15, 0.2) is 0 Å². The Bertz CT molecular complexity index is 267. The number of hydrogen-bond donors (Lipinski definition) is 0. The Hall–Kier alpha value is -0.590. The fraction of sp³-hybridized carbons (Fsp3) is 0.909. The van der Waals surface area contributed by atoms with Crippen molar-refractivity contribution in [2.45, 2.75) is 44.3 Å². The third-order valence-electron chi connectivity index (χ3n) is 4.00. The van der Waals surface area contributed by atoms with Gasteiger partial charge in [0.05, 0.1) is 12.2 Å². The van der Waals surface area contributed by atoms with Gasteiger partial charge in [-0.3, -0.25) is 0 Å². The van der Waals surface area contributed by atoms with Gasteiger partial charge in [-0.25, -0.2) is 0 Å². The highest BCUT2D eigenvalue weighted by atomic mass is 16.5. The van der Waals surface area contributed by atoms with Gasteiger partial charge in [-0.1, -0.05) is 6.42 Å². The Morgan fingerprint density at radius 1 is 1.50 bits per heavy atom. The summed E-state index contributed by atoms with van der Waals surface area (Å²) in [6.45, 7) is 2.57. The first kappa shape index (κ1) is 9.95. The first-order valence-electron chi connectivity index (χ1n) is 5.33. The highest BCUT2D eigenvalue weighted by Crippen LogP contribution is 2.64. The maximum absolute atomic E-state index is 9.25. The van der Waals surface area contributed by atoms with Crippen molar-refractivity contribution in [3.05, 3.63) is 0 Å². The molecule has 2 fully saturated rings. The van der Waals surface area contributed by atoms with Crippen LogP contribution >= 0.6 is 0 Å². The molecule has 14 heavy (non-hydrogen) atoms. The minimum atomic E-state index is -0.541. The molecule has 0 amide bonds. The van der Waals surface area contributed by atoms with Gasteiger partial charge in [-0.2, -0.15) is 5.26 Å². The number of nitrogens with zero attached hydrogens (tertiary/aromatic N) is 1. The summed E-state index contributed by atoms with van der Waals surface area (Å²) in [5.41, 5.74) is -0.521. The van der Waals surface area contributed by atoms with Crippen LogP contribution in [0.25, 0.3) is 0 Å². The Labute approximate surface area is 85.0 Å². The number of hydrogen-bond acceptors (Lipinski definition) is 3. The highest BCUT2D eigenvalue weighted by molar-refractivity contribution is 5.27. The molecule has 0 radical (unpaired) electrons. The van der Waals surface area contributed by atoms with Crippen LogP contribution in [0.2, 0.25) is 0 Å². The minimum absolute atomic E-state index is 0.0203. The molecule has 2 rings (SSSR count). The Morgan fingerprint density at radius 3 is 2.57 bits per heavy atom. The van der Waals surface area contributed by atoms with E-state index in [1.165, 1.54) is 6.42 Å². The molecular formula is C11H17NO2. The van der Waals surface area contributed by atoms with Gasteiger partial charge < -0.3 is 9.47 Å². The van der Waals surface area contributed by atoms with Crippen LogP contribution in [0.1, 0.15) is 32.6 Å². The molecule has 3 nitrogen and oxygen atoms in total. The summed E-state index contributed by atoms with van der Waals surface area (Å²) in [5, 5.41) is 9.25. The molecule has 0 bridgehead atoms. The van der Waals surface area contributed by atoms with E-state index in [-0.39, 0.29) is 11.5 Å². The molecule has 1 spiro atoms. The number of nitriles is 1. The Kier molecular flexibility index (Phi) is 2.29. The minimum Gasteiger partial charge on any atom is -0.381 e. The average Bonchev–Trinajstić information content (AvgIpc) is 2.08. The van der Waals surface area contributed by atoms with E-state index in [9.17, 15) is 5.26 Å². The van der Waals surface area contributed by atoms with E-state index in [4.69, 9.17) is 9.47 Å². The van der Waals surface area contributed by atoms with Crippen molar-refractivity contribution in [2.24, 2.45) is 5.41 Å². The molecule has 0 aromatic carbocycles. The van der Waals surface area contributed by atoms with Gasteiger partial charge in [0, 0.05) is 25.6 Å². The lowest BCUT2D eigenvalue weighted by Gasteiger charge is -2.64. The molecule has 2 aliphatic carbocycles. The number of ether oxygens (including phenoxy) is 2. The maximum atomic E-state index is 9.25. The van der Waals surface area contributed by atoms with E-state index < -0.39 is 5.60 Å². The Morgan fingerprint density at radius 2 is 2.21 bits per heavy atom. The third kappa shape index (κ3) is 0.933. The van der Waals surface area contributed by atoms with Crippen LogP contribution in [0, 0.1) is 16.7 Å². The van der Waals surface area contributed by atoms with E-state index in [1.807, 2.05) is 6.92 Å². The monoisotopic (exact) mass is 195 g/mol. The van der Waals surface area contributed by atoms with Crippen molar-refractivity contribution >= 4 is 0 Å². The summed E-state index contributed by atoms with van der Waals surface area (Å²) in [7, 11) is 1.73. The predicted octanol–water partition coefficient (Wildman–Crippen LogP) is 1.87. The van der Waals surface area contributed by atoms with E-state index in [2.05, 4.69) is 6.07 Å². The number of methoxy groups -OCH3 is 1. The summed E-state index contributed by atoms with van der Waals surface area (Å²) in [4.78, 5) is 0. The van der Waals surface area contributed by atoms with Gasteiger partial charge in [0.25, 0.3) is 0 Å². The zero-order chi connectivity index (χ0) is 10.2. The predicted molar refractivity (Wildman–Crippen MR) is 51.7 cm³/mol. The lowest BCUT2D eigenvalue weighted by molar-refractivity contribution is -0.272. The van der Waals surface area contributed by atoms with Gasteiger partial charge in [0.2, 0.25) is 0 Å². The molecule has 78 valence electrons. The molecule has 2 saturated carbocycles. The van der Waals surface area contributed by atoms with Crippen molar-refractivity contribution in [2.75, 3.05) is 13.7 Å². The van der Waals surface area contributed by atoms with Gasteiger partial charge in [0.15, 0.2) is 5.60 Å². The first-order chi connectivity index (χ1) is 6.74. The molecule has 2 atom stereocenters. The second-order valence-corrected chi connectivity index (χ2v) is 4.31. The van der Waals surface area contributed by atoms with Gasteiger partial charge in [0.1, 0.15) is 0 Å². The Balaban J connectivity index is 2.18. The smallest absolute Gasteiger partial charge is 0.164 e. The zero-order valence-electron chi connectivity index (χ0n) is 8.88. The second-order valence-electron chi connectivity index (χ2n) is 4.31. The molecule has 3 heteroatoms. The fourth-order valence-electron chi connectivity index (χ4n) is 3.02. The fourth-order valence-corrected chi connectivity index (χ4v) is 3.02. The molecule has 0 aromatic rings. The highest BCUT2D eigenvalue weighted by Gasteiger charge is 2.70. The van der Waals surface area contributed by atoms with Crippen LogP contribution in [0.4, 0.5) is 0 Å². The van der Waals surface area contributed by atoms with Crippen LogP contribution in [0.5, 0.6) is 0 Å². The molecule has 2 aliphatic rings. The molecule has 0 heterocycles. The van der Waals surface area contributed by atoms with Crippen LogP contribution in [-0.2, 0) is 9.47 Å². The first-order valence-corrected chi connectivity index (χ1v) is 5.33. The summed E-state index contributed by atoms with van der Waals surface area (Å²) >= 11 is 0. The molecular weight excluding hydrogens is 178 g/mol. The van der Waals surface area contributed by atoms with Crippen molar-refractivity contribution in [3.8, 4) is 6.07 Å². The molecule has 2 unspecified atom stereocenters. The van der Waals surface area contributed by atoms with Crippen LogP contribution in [0.3, 0.4) is 0 Å². The quantitative estimate of drug-likeness (QED) is 0.690. The van der Waals surface area contributed by atoms with E-state index >= 15 is 0 Å². The van der Waals surface area contributed by atoms with Crippen LogP contribution in [-0.4, -0.2) is 25.4 Å². The average molecular weight is 195 g/mol. The van der Waals surface area contributed by atoms with Crippen molar-refractivity contribution in [1.82, 2.24) is 0 Å². The van der Waals surface area contributed by atoms with Crippen molar-refractivity contribution < 1.29 is 9.47 Å². The van der Waals surface area contributed by atoms with Gasteiger partial charge >= 0.3 is 0 Å². The van der Waals surface area contributed by atoms with Gasteiger partial charge in [-0.05, 0) is 19.8 Å². The van der Waals surface area contributed by atoms with E-state index in [1.54, 1.807) is 7.11 Å². The van der Waals surface area contributed by atoms with E-state index in [0.29, 0.717) is 6.61 Å². The summed E-state index contributed by atoms with van der Waals surface area (Å²) in [5.74, 6) is 0. The number of rotatable bonds is 3. The van der Waals surface area contributed by atoms with Crippen molar-refractivity contribution in [1.29, 1.82) is 5.26 Å². The lowest BCUT2D eigenvalue weighted by atomic mass is 9.45. The van der Waals surface area contributed by atoms with Crippen molar-refractivity contribution in [3.63, 3.8) is 0 Å². The summed E-state index contributed by atoms with van der Waals surface area (Å²) in [6, 6.07) is 2.37. The standard InChI is InChI=1S/C11H17NO2/c1-3-14-11(8-12)7-9(13-2)10(11)5-4-6-10/h9H,3-7H2,1-2H3. The molecule has 0 N–H and O–H groups in total. The summed E-state index contributed by atoms with van der Waals surface area (Å²) in [6.07, 6.45) is 4.35. The van der Waals surface area contributed by atoms with Crippen LogP contribution < -0.4 is 0 Å². The SMILES string of the molecule is CCOC1(C#N)CC(OC)C12CCC2. The molecule has 0 saturated heterocycles. The zero-order valence-corrected chi connectivity index (χ0v) is 8.88. The third-order valence-corrected chi connectivity index (χ3v) is 4.00. The lowest BCUT2D eigenvalue weighted by Crippen LogP contribution is -2.70. The largest absolute Gasteiger partial charge is 0.381 e.